The van der Waals surface area contributed by atoms with E-state index in [2.05, 4.69) is 5.32 Å². The Hall–Kier alpha value is -3.20. The molecular formula is C29H34ClN3O4S. The fourth-order valence-corrected chi connectivity index (χ4v) is 5.21. The van der Waals surface area contributed by atoms with Crippen molar-refractivity contribution >= 4 is 33.4 Å². The molecule has 0 heterocycles. The number of hydrogen-bond acceptors (Lipinski definition) is 4. The molecule has 7 nitrogen and oxygen atoms in total. The van der Waals surface area contributed by atoms with Gasteiger partial charge in [-0.15, -0.1) is 0 Å². The van der Waals surface area contributed by atoms with E-state index in [1.807, 2.05) is 68.4 Å². The van der Waals surface area contributed by atoms with Gasteiger partial charge in [0.1, 0.15) is 6.04 Å². The molecule has 0 spiro atoms. The third-order valence-corrected chi connectivity index (χ3v) is 8.24. The average molecular weight is 556 g/mol. The Morgan fingerprint density at radius 2 is 1.55 bits per heavy atom. The lowest BCUT2D eigenvalue weighted by Crippen LogP contribution is -2.53. The second-order valence-electron chi connectivity index (χ2n) is 9.22. The van der Waals surface area contributed by atoms with Crippen LogP contribution in [0, 0.1) is 6.92 Å². The zero-order valence-corrected chi connectivity index (χ0v) is 23.5. The Labute approximate surface area is 230 Å². The first kappa shape index (κ1) is 29.4. The molecule has 202 valence electrons. The van der Waals surface area contributed by atoms with Gasteiger partial charge in [-0.05, 0) is 48.7 Å². The van der Waals surface area contributed by atoms with Crippen LogP contribution in [0.4, 0.5) is 0 Å². The maximum absolute atomic E-state index is 13.8. The van der Waals surface area contributed by atoms with E-state index in [-0.39, 0.29) is 17.3 Å². The van der Waals surface area contributed by atoms with Crippen LogP contribution >= 0.6 is 11.6 Å². The Bertz CT molecular complexity index is 1310. The number of rotatable bonds is 12. The highest BCUT2D eigenvalue weighted by Gasteiger charge is 2.32. The standard InChI is InChI=1S/C29H34ClN3O4S/c1-4-18-31-29(35)27(19-23-8-6-5-7-9-23)33(20-24-12-10-22(2)11-13-24)28(34)21-32(3)38(36,37)26-16-14-25(30)15-17-26/h5-17,27H,4,18-21H2,1-3H3,(H,31,35). The minimum atomic E-state index is -3.96. The molecule has 1 N–H and O–H groups in total. The summed E-state index contributed by atoms with van der Waals surface area (Å²) in [6.07, 6.45) is 1.04. The highest BCUT2D eigenvalue weighted by atomic mass is 35.5. The van der Waals surface area contributed by atoms with E-state index in [1.165, 1.54) is 36.2 Å². The van der Waals surface area contributed by atoms with Crippen LogP contribution in [-0.4, -0.2) is 55.6 Å². The lowest BCUT2D eigenvalue weighted by Gasteiger charge is -2.32. The number of aryl methyl sites for hydroxylation is 1. The molecule has 2 amide bonds. The van der Waals surface area contributed by atoms with Gasteiger partial charge in [0.25, 0.3) is 0 Å². The molecule has 0 aromatic heterocycles. The van der Waals surface area contributed by atoms with Crippen LogP contribution < -0.4 is 5.32 Å². The summed E-state index contributed by atoms with van der Waals surface area (Å²) in [6, 6.07) is 22.1. The summed E-state index contributed by atoms with van der Waals surface area (Å²) in [5, 5.41) is 3.33. The Balaban J connectivity index is 1.95. The minimum absolute atomic E-state index is 0.0313. The molecule has 1 unspecified atom stereocenters. The maximum atomic E-state index is 13.8. The first-order valence-corrected chi connectivity index (χ1v) is 14.3. The number of hydrogen-bond donors (Lipinski definition) is 1. The van der Waals surface area contributed by atoms with Crippen LogP contribution in [0.5, 0.6) is 0 Å². The predicted octanol–water partition coefficient (Wildman–Crippen LogP) is 4.44. The monoisotopic (exact) mass is 555 g/mol. The lowest BCUT2D eigenvalue weighted by atomic mass is 10.0. The molecule has 9 heteroatoms. The Morgan fingerprint density at radius 3 is 2.16 bits per heavy atom. The van der Waals surface area contributed by atoms with Crippen molar-refractivity contribution in [3.05, 3.63) is 101 Å². The maximum Gasteiger partial charge on any atom is 0.243 e. The normalized spacial score (nSPS) is 12.2. The van der Waals surface area contributed by atoms with Gasteiger partial charge in [0.2, 0.25) is 21.8 Å². The van der Waals surface area contributed by atoms with Gasteiger partial charge in [-0.25, -0.2) is 8.42 Å². The highest BCUT2D eigenvalue weighted by Crippen LogP contribution is 2.20. The number of carbonyl (C=O) groups excluding carboxylic acids is 2. The molecular weight excluding hydrogens is 522 g/mol. The third-order valence-electron chi connectivity index (χ3n) is 6.17. The SMILES string of the molecule is CCCNC(=O)C(Cc1ccccc1)N(Cc1ccc(C)cc1)C(=O)CN(C)S(=O)(=O)c1ccc(Cl)cc1. The van der Waals surface area contributed by atoms with Crippen LogP contribution in [0.1, 0.15) is 30.0 Å². The predicted molar refractivity (Wildman–Crippen MR) is 150 cm³/mol. The zero-order valence-electron chi connectivity index (χ0n) is 21.9. The summed E-state index contributed by atoms with van der Waals surface area (Å²) in [5.74, 6) is -0.752. The van der Waals surface area contributed by atoms with E-state index in [1.54, 1.807) is 0 Å². The van der Waals surface area contributed by atoms with Crippen LogP contribution in [-0.2, 0) is 32.6 Å². The van der Waals surface area contributed by atoms with Crippen molar-refractivity contribution < 1.29 is 18.0 Å². The van der Waals surface area contributed by atoms with E-state index >= 15 is 0 Å². The van der Waals surface area contributed by atoms with Crippen LogP contribution in [0.15, 0.2) is 83.8 Å². The summed E-state index contributed by atoms with van der Waals surface area (Å²) in [5.41, 5.74) is 2.81. The van der Waals surface area contributed by atoms with Gasteiger partial charge >= 0.3 is 0 Å². The van der Waals surface area contributed by atoms with Crippen LogP contribution in [0.3, 0.4) is 0 Å². The summed E-state index contributed by atoms with van der Waals surface area (Å²) < 4.78 is 27.3. The zero-order chi connectivity index (χ0) is 27.7. The lowest BCUT2D eigenvalue weighted by molar-refractivity contribution is -0.141. The van der Waals surface area contributed by atoms with Crippen molar-refractivity contribution in [1.29, 1.82) is 0 Å². The largest absolute Gasteiger partial charge is 0.354 e. The fraction of sp³-hybridized carbons (Fsp3) is 0.310. The molecule has 0 radical (unpaired) electrons. The van der Waals surface area contributed by atoms with Crippen LogP contribution in [0.2, 0.25) is 5.02 Å². The highest BCUT2D eigenvalue weighted by molar-refractivity contribution is 7.89. The number of sulfonamides is 1. The second-order valence-corrected chi connectivity index (χ2v) is 11.7. The molecule has 0 saturated heterocycles. The van der Waals surface area contributed by atoms with Crippen LogP contribution in [0.25, 0.3) is 0 Å². The topological polar surface area (TPSA) is 86.8 Å². The molecule has 0 fully saturated rings. The van der Waals surface area contributed by atoms with Gasteiger partial charge in [-0.2, -0.15) is 4.31 Å². The first-order valence-electron chi connectivity index (χ1n) is 12.5. The number of benzene rings is 3. The van der Waals surface area contributed by atoms with Gasteiger partial charge in [0.15, 0.2) is 0 Å². The first-order chi connectivity index (χ1) is 18.1. The van der Waals surface area contributed by atoms with E-state index in [0.29, 0.717) is 18.0 Å². The quantitative estimate of drug-likeness (QED) is 0.358. The van der Waals surface area contributed by atoms with Crippen molar-refractivity contribution in [2.24, 2.45) is 0 Å². The molecule has 0 aliphatic carbocycles. The average Bonchev–Trinajstić information content (AvgIpc) is 2.91. The van der Waals surface area contributed by atoms with Gasteiger partial charge in [0.05, 0.1) is 11.4 Å². The molecule has 3 aromatic rings. The van der Waals surface area contributed by atoms with E-state index in [4.69, 9.17) is 11.6 Å². The van der Waals surface area contributed by atoms with Gasteiger partial charge in [-0.3, -0.25) is 9.59 Å². The van der Waals surface area contributed by atoms with E-state index < -0.39 is 28.5 Å². The number of amides is 2. The van der Waals surface area contributed by atoms with Crippen molar-refractivity contribution in [2.75, 3.05) is 20.1 Å². The number of halogens is 1. The molecule has 0 bridgehead atoms. The molecule has 3 rings (SSSR count). The summed E-state index contributed by atoms with van der Waals surface area (Å²) in [4.78, 5) is 28.7. The van der Waals surface area contributed by atoms with E-state index in [9.17, 15) is 18.0 Å². The molecule has 0 saturated carbocycles. The number of likely N-dealkylation sites (N-methyl/N-ethyl adjacent to an activating group) is 1. The van der Waals surface area contributed by atoms with E-state index in [0.717, 1.165) is 27.4 Å². The summed E-state index contributed by atoms with van der Waals surface area (Å²) in [7, 11) is -2.60. The summed E-state index contributed by atoms with van der Waals surface area (Å²) in [6.45, 7) is 4.13. The number of nitrogens with one attached hydrogen (secondary N) is 1. The molecule has 0 aliphatic heterocycles. The van der Waals surface area contributed by atoms with Crippen molar-refractivity contribution in [3.63, 3.8) is 0 Å². The third kappa shape index (κ3) is 7.90. The molecule has 0 aliphatic rings. The van der Waals surface area contributed by atoms with Gasteiger partial charge in [-0.1, -0.05) is 78.7 Å². The van der Waals surface area contributed by atoms with Crippen molar-refractivity contribution in [2.45, 2.75) is 44.2 Å². The molecule has 1 atom stereocenters. The molecule has 38 heavy (non-hydrogen) atoms. The summed E-state index contributed by atoms with van der Waals surface area (Å²) >= 11 is 5.91. The second kappa shape index (κ2) is 13.6. The Morgan fingerprint density at radius 1 is 0.921 bits per heavy atom. The smallest absolute Gasteiger partial charge is 0.243 e. The minimum Gasteiger partial charge on any atom is -0.354 e. The van der Waals surface area contributed by atoms with Crippen molar-refractivity contribution in [1.82, 2.24) is 14.5 Å². The fourth-order valence-electron chi connectivity index (χ4n) is 3.96. The number of carbonyl (C=O) groups is 2. The Kier molecular flexibility index (Phi) is 10.5. The number of nitrogens with zero attached hydrogens (tertiary/aromatic N) is 2. The van der Waals surface area contributed by atoms with Gasteiger partial charge < -0.3 is 10.2 Å². The van der Waals surface area contributed by atoms with Crippen molar-refractivity contribution in [3.8, 4) is 0 Å². The van der Waals surface area contributed by atoms with Gasteiger partial charge in [0, 0.05) is 31.6 Å². The molecule has 3 aromatic carbocycles.